The lowest BCUT2D eigenvalue weighted by Gasteiger charge is -2.22. The number of amides is 1. The lowest BCUT2D eigenvalue weighted by atomic mass is 9.95. The van der Waals surface area contributed by atoms with Crippen molar-refractivity contribution in [3.63, 3.8) is 0 Å². The van der Waals surface area contributed by atoms with Gasteiger partial charge in [-0.05, 0) is 18.1 Å². The van der Waals surface area contributed by atoms with Crippen molar-refractivity contribution >= 4 is 11.6 Å². The zero-order valence-corrected chi connectivity index (χ0v) is 12.1. The molecule has 4 heteroatoms. The molecule has 0 fully saturated rings. The van der Waals surface area contributed by atoms with E-state index in [-0.39, 0.29) is 17.7 Å². The van der Waals surface area contributed by atoms with Crippen LogP contribution in [0.1, 0.15) is 13.8 Å². The monoisotopic (exact) mass is 263 g/mol. The maximum atomic E-state index is 11.9. The molecule has 106 valence electrons. The number of anilines is 1. The van der Waals surface area contributed by atoms with Crippen LogP contribution in [-0.2, 0) is 4.79 Å². The molecule has 1 rings (SSSR count). The summed E-state index contributed by atoms with van der Waals surface area (Å²) in [5.74, 6) is 0.234. The van der Waals surface area contributed by atoms with E-state index in [1.165, 1.54) is 0 Å². The summed E-state index contributed by atoms with van der Waals surface area (Å²) in [7, 11) is 2.02. The largest absolute Gasteiger partial charge is 0.373 e. The Kier molecular flexibility index (Phi) is 6.36. The van der Waals surface area contributed by atoms with E-state index in [1.54, 1.807) is 0 Å². The smallest absolute Gasteiger partial charge is 0.224 e. The molecule has 0 spiro atoms. The average molecular weight is 263 g/mol. The molecule has 0 aromatic heterocycles. The minimum atomic E-state index is -0.0953. The second-order valence-electron chi connectivity index (χ2n) is 5.13. The van der Waals surface area contributed by atoms with Crippen molar-refractivity contribution in [3.05, 3.63) is 30.3 Å². The fraction of sp³-hybridized carbons (Fsp3) is 0.533. The molecule has 1 amide bonds. The van der Waals surface area contributed by atoms with Crippen LogP contribution in [0.15, 0.2) is 30.3 Å². The van der Waals surface area contributed by atoms with E-state index < -0.39 is 0 Å². The number of carbonyl (C=O) groups excluding carboxylic acids is 1. The van der Waals surface area contributed by atoms with Crippen LogP contribution in [0, 0.1) is 11.8 Å². The summed E-state index contributed by atoms with van der Waals surface area (Å²) in [5.41, 5.74) is 6.78. The van der Waals surface area contributed by atoms with Crippen LogP contribution in [0.3, 0.4) is 0 Å². The summed E-state index contributed by atoms with van der Waals surface area (Å²) in [4.78, 5) is 14.0. The first-order chi connectivity index (χ1) is 9.06. The fourth-order valence-electron chi connectivity index (χ4n) is 1.97. The highest BCUT2D eigenvalue weighted by Gasteiger charge is 2.19. The van der Waals surface area contributed by atoms with Gasteiger partial charge in [-0.25, -0.2) is 0 Å². The van der Waals surface area contributed by atoms with Gasteiger partial charge in [-0.1, -0.05) is 32.0 Å². The zero-order valence-electron chi connectivity index (χ0n) is 12.1. The first kappa shape index (κ1) is 15.5. The second kappa shape index (κ2) is 7.79. The Labute approximate surface area is 116 Å². The van der Waals surface area contributed by atoms with E-state index in [1.807, 2.05) is 39.1 Å². The molecule has 0 saturated carbocycles. The van der Waals surface area contributed by atoms with Gasteiger partial charge in [-0.3, -0.25) is 4.79 Å². The van der Waals surface area contributed by atoms with Crippen molar-refractivity contribution in [2.75, 3.05) is 31.6 Å². The minimum absolute atomic E-state index is 0.0546. The summed E-state index contributed by atoms with van der Waals surface area (Å²) in [5, 5.41) is 2.96. The number of rotatable bonds is 7. The third kappa shape index (κ3) is 4.91. The van der Waals surface area contributed by atoms with E-state index in [0.29, 0.717) is 13.1 Å². The third-order valence-electron chi connectivity index (χ3n) is 3.34. The van der Waals surface area contributed by atoms with Crippen LogP contribution >= 0.6 is 0 Å². The highest BCUT2D eigenvalue weighted by molar-refractivity contribution is 5.79. The summed E-state index contributed by atoms with van der Waals surface area (Å²) >= 11 is 0. The van der Waals surface area contributed by atoms with Crippen LogP contribution in [0.2, 0.25) is 0 Å². The van der Waals surface area contributed by atoms with Crippen molar-refractivity contribution in [1.82, 2.24) is 5.32 Å². The van der Waals surface area contributed by atoms with Crippen molar-refractivity contribution in [2.45, 2.75) is 13.8 Å². The summed E-state index contributed by atoms with van der Waals surface area (Å²) in [6, 6.07) is 10.1. The molecule has 0 radical (unpaired) electrons. The molecule has 1 atom stereocenters. The van der Waals surface area contributed by atoms with Crippen molar-refractivity contribution < 1.29 is 4.79 Å². The molecule has 1 aromatic carbocycles. The van der Waals surface area contributed by atoms with Gasteiger partial charge in [0.15, 0.2) is 0 Å². The first-order valence-electron chi connectivity index (χ1n) is 6.80. The lowest BCUT2D eigenvalue weighted by molar-refractivity contribution is -0.125. The molecule has 1 aromatic rings. The van der Waals surface area contributed by atoms with Gasteiger partial charge in [0.1, 0.15) is 0 Å². The Morgan fingerprint density at radius 1 is 1.32 bits per heavy atom. The number of carbonyl (C=O) groups is 1. The fourth-order valence-corrected chi connectivity index (χ4v) is 1.97. The Bertz CT molecular complexity index is 378. The van der Waals surface area contributed by atoms with Gasteiger partial charge in [0.25, 0.3) is 0 Å². The predicted octanol–water partition coefficient (Wildman–Crippen LogP) is 1.47. The first-order valence-corrected chi connectivity index (χ1v) is 6.80. The molecular weight excluding hydrogens is 238 g/mol. The van der Waals surface area contributed by atoms with Crippen LogP contribution < -0.4 is 16.0 Å². The van der Waals surface area contributed by atoms with Gasteiger partial charge in [-0.2, -0.15) is 0 Å². The van der Waals surface area contributed by atoms with Gasteiger partial charge in [0.2, 0.25) is 5.91 Å². The van der Waals surface area contributed by atoms with Crippen LogP contribution in [0.4, 0.5) is 5.69 Å². The normalized spacial score (nSPS) is 12.3. The van der Waals surface area contributed by atoms with Gasteiger partial charge in [0, 0.05) is 32.4 Å². The van der Waals surface area contributed by atoms with Crippen molar-refractivity contribution in [3.8, 4) is 0 Å². The SMILES string of the molecule is CC(C)C(CN)C(=O)NCCN(C)c1ccccc1. The van der Waals surface area contributed by atoms with E-state index in [9.17, 15) is 4.79 Å². The van der Waals surface area contributed by atoms with E-state index in [4.69, 9.17) is 5.73 Å². The van der Waals surface area contributed by atoms with Gasteiger partial charge in [-0.15, -0.1) is 0 Å². The maximum Gasteiger partial charge on any atom is 0.224 e. The standard InChI is InChI=1S/C15H25N3O/c1-12(2)14(11-16)15(19)17-9-10-18(3)13-7-5-4-6-8-13/h4-8,12,14H,9-11,16H2,1-3H3,(H,17,19). The molecule has 3 N–H and O–H groups in total. The topological polar surface area (TPSA) is 58.4 Å². The van der Waals surface area contributed by atoms with E-state index >= 15 is 0 Å². The summed E-state index contributed by atoms with van der Waals surface area (Å²) < 4.78 is 0. The number of hydrogen-bond donors (Lipinski definition) is 2. The number of likely N-dealkylation sites (N-methyl/N-ethyl adjacent to an activating group) is 1. The van der Waals surface area contributed by atoms with Crippen LogP contribution in [0.5, 0.6) is 0 Å². The quantitative estimate of drug-likeness (QED) is 0.783. The van der Waals surface area contributed by atoms with Crippen molar-refractivity contribution in [2.24, 2.45) is 17.6 Å². The highest BCUT2D eigenvalue weighted by Crippen LogP contribution is 2.10. The van der Waals surface area contributed by atoms with Crippen LogP contribution in [0.25, 0.3) is 0 Å². The number of nitrogens with one attached hydrogen (secondary N) is 1. The summed E-state index contributed by atoms with van der Waals surface area (Å²) in [6.45, 7) is 5.86. The molecule has 0 aliphatic carbocycles. The third-order valence-corrected chi connectivity index (χ3v) is 3.34. The van der Waals surface area contributed by atoms with E-state index in [0.717, 1.165) is 12.2 Å². The Morgan fingerprint density at radius 3 is 2.47 bits per heavy atom. The number of para-hydroxylation sites is 1. The molecule has 0 aliphatic rings. The molecular formula is C15H25N3O. The Hall–Kier alpha value is -1.55. The molecule has 0 bridgehead atoms. The van der Waals surface area contributed by atoms with Crippen LogP contribution in [-0.4, -0.2) is 32.6 Å². The predicted molar refractivity (Wildman–Crippen MR) is 80.1 cm³/mol. The zero-order chi connectivity index (χ0) is 14.3. The molecule has 4 nitrogen and oxygen atoms in total. The van der Waals surface area contributed by atoms with E-state index in [2.05, 4.69) is 22.3 Å². The number of benzene rings is 1. The lowest BCUT2D eigenvalue weighted by Crippen LogP contribution is -2.41. The molecule has 0 aliphatic heterocycles. The molecule has 0 heterocycles. The molecule has 1 unspecified atom stereocenters. The van der Waals surface area contributed by atoms with Crippen molar-refractivity contribution in [1.29, 1.82) is 0 Å². The Morgan fingerprint density at radius 2 is 1.95 bits per heavy atom. The Balaban J connectivity index is 2.36. The maximum absolute atomic E-state index is 11.9. The summed E-state index contributed by atoms with van der Waals surface area (Å²) in [6.07, 6.45) is 0. The number of hydrogen-bond acceptors (Lipinski definition) is 3. The number of nitrogens with zero attached hydrogens (tertiary/aromatic N) is 1. The van der Waals surface area contributed by atoms with Gasteiger partial charge >= 0.3 is 0 Å². The number of nitrogens with two attached hydrogens (primary N) is 1. The van der Waals surface area contributed by atoms with Gasteiger partial charge in [0.05, 0.1) is 5.92 Å². The second-order valence-corrected chi connectivity index (χ2v) is 5.13. The average Bonchev–Trinajstić information content (AvgIpc) is 2.40. The molecule has 19 heavy (non-hydrogen) atoms. The minimum Gasteiger partial charge on any atom is -0.373 e. The highest BCUT2D eigenvalue weighted by atomic mass is 16.1. The van der Waals surface area contributed by atoms with Gasteiger partial charge < -0.3 is 16.0 Å². The molecule has 0 saturated heterocycles.